The van der Waals surface area contributed by atoms with Crippen molar-refractivity contribution >= 4 is 23.5 Å². The van der Waals surface area contributed by atoms with Crippen molar-refractivity contribution in [1.29, 1.82) is 0 Å². The Kier molecular flexibility index (Phi) is 5.13. The molecule has 13 heavy (non-hydrogen) atoms. The van der Waals surface area contributed by atoms with Gasteiger partial charge < -0.3 is 0 Å². The number of halogens is 1. The lowest BCUT2D eigenvalue weighted by molar-refractivity contribution is 0.762. The van der Waals surface area contributed by atoms with Gasteiger partial charge in [-0.15, -0.1) is 7.53 Å². The van der Waals surface area contributed by atoms with Crippen LogP contribution in [0.5, 0.6) is 0 Å². The molecule has 0 N–H and O–H groups in total. The highest BCUT2D eigenvalue weighted by Crippen LogP contribution is 2.34. The molecule has 0 atom stereocenters. The Balaban J connectivity index is 2.29. The van der Waals surface area contributed by atoms with E-state index >= 15 is 0 Å². The molecule has 1 aromatic rings. The minimum atomic E-state index is 0.120. The highest BCUT2D eigenvalue weighted by Gasteiger charge is 1.98. The number of alkyl halides is 1. The maximum Gasteiger partial charge on any atom is 0.00313 e. The lowest BCUT2D eigenvalue weighted by Gasteiger charge is -1.97. The second-order valence-electron chi connectivity index (χ2n) is 3.61. The topological polar surface area (TPSA) is 0 Å². The van der Waals surface area contributed by atoms with Crippen molar-refractivity contribution in [2.24, 2.45) is 0 Å². The Morgan fingerprint density at radius 3 is 2.23 bits per heavy atom. The summed E-state index contributed by atoms with van der Waals surface area (Å²) in [7, 11) is 0.120. The average molecular weight is 261 g/mol. The smallest absolute Gasteiger partial charge is 0.00313 e. The number of unbranched alkanes of at least 4 members (excludes halogenated alkanes) is 2. The molecule has 0 aliphatic rings. The van der Waals surface area contributed by atoms with Crippen molar-refractivity contribution in [2.45, 2.75) is 39.3 Å². The number of rotatable bonds is 5. The van der Waals surface area contributed by atoms with E-state index in [0.717, 1.165) is 5.33 Å². The highest BCUT2D eigenvalue weighted by atomic mass is 79.9. The summed E-state index contributed by atoms with van der Waals surface area (Å²) < 4.78 is 0. The van der Waals surface area contributed by atoms with Crippen molar-refractivity contribution < 1.29 is 0 Å². The van der Waals surface area contributed by atoms with Gasteiger partial charge in [-0.05, 0) is 55.6 Å². The van der Waals surface area contributed by atoms with Crippen LogP contribution in [0.2, 0.25) is 0 Å². The fraction of sp³-hybridized carbons (Fsp3) is 0.636. The van der Waals surface area contributed by atoms with Crippen molar-refractivity contribution in [2.75, 3.05) is 5.33 Å². The van der Waals surface area contributed by atoms with Crippen molar-refractivity contribution in [3.63, 3.8) is 0 Å². The lowest BCUT2D eigenvalue weighted by atomic mass is 10.2. The molecule has 0 saturated heterocycles. The van der Waals surface area contributed by atoms with Crippen LogP contribution in [0, 0.1) is 13.8 Å². The van der Waals surface area contributed by atoms with Crippen molar-refractivity contribution in [1.82, 2.24) is 0 Å². The second kappa shape index (κ2) is 5.88. The monoisotopic (exact) mass is 260 g/mol. The van der Waals surface area contributed by atoms with Crippen LogP contribution in [-0.2, 0) is 6.16 Å². The molecule has 0 bridgehead atoms. The van der Waals surface area contributed by atoms with E-state index in [0.29, 0.717) is 0 Å². The summed E-state index contributed by atoms with van der Waals surface area (Å²) in [6, 6.07) is 0. The first kappa shape index (κ1) is 11.3. The minimum Gasteiger partial charge on any atom is -0.124 e. The van der Waals surface area contributed by atoms with Gasteiger partial charge in [0, 0.05) is 5.33 Å². The largest absolute Gasteiger partial charge is 0.124 e. The molecule has 1 aromatic heterocycles. The molecule has 0 radical (unpaired) electrons. The summed E-state index contributed by atoms with van der Waals surface area (Å²) in [5.74, 6) is 4.94. The summed E-state index contributed by atoms with van der Waals surface area (Å²) in [6.07, 6.45) is 5.50. The van der Waals surface area contributed by atoms with Gasteiger partial charge in [-0.1, -0.05) is 22.4 Å². The minimum absolute atomic E-state index is 0.120. The third-order valence-corrected chi connectivity index (χ3v) is 5.22. The van der Waals surface area contributed by atoms with Crippen LogP contribution in [-0.4, -0.2) is 5.33 Å². The Morgan fingerprint density at radius 2 is 1.69 bits per heavy atom. The van der Waals surface area contributed by atoms with Crippen molar-refractivity contribution in [3.8, 4) is 0 Å². The molecule has 0 aliphatic carbocycles. The van der Waals surface area contributed by atoms with E-state index < -0.39 is 0 Å². The average Bonchev–Trinajstić information content (AvgIpc) is 2.41. The van der Waals surface area contributed by atoms with Gasteiger partial charge in [-0.25, -0.2) is 0 Å². The van der Waals surface area contributed by atoms with Crippen LogP contribution in [0.1, 0.15) is 30.4 Å². The summed E-state index contributed by atoms with van der Waals surface area (Å²) >= 11 is 3.46. The second-order valence-corrected chi connectivity index (χ2v) is 6.40. The Labute approximate surface area is 90.9 Å². The first-order valence-corrected chi connectivity index (χ1v) is 7.71. The van der Waals surface area contributed by atoms with Gasteiger partial charge in [-0.3, -0.25) is 0 Å². The molecular formula is C11H18BrP. The maximum atomic E-state index is 3.46. The summed E-state index contributed by atoms with van der Waals surface area (Å²) in [6.45, 7) is 4.46. The SMILES string of the molecule is Cc1cp(CCCCCBr)cc1C. The Morgan fingerprint density at radius 1 is 1.08 bits per heavy atom. The van der Waals surface area contributed by atoms with Crippen LogP contribution in [0.15, 0.2) is 11.6 Å². The van der Waals surface area contributed by atoms with Crippen LogP contribution in [0.3, 0.4) is 0 Å². The van der Waals surface area contributed by atoms with E-state index in [1.165, 1.54) is 36.6 Å². The van der Waals surface area contributed by atoms with Crippen LogP contribution in [0.25, 0.3) is 0 Å². The van der Waals surface area contributed by atoms with Gasteiger partial charge in [0.25, 0.3) is 0 Å². The van der Waals surface area contributed by atoms with Gasteiger partial charge >= 0.3 is 0 Å². The molecule has 0 aliphatic heterocycles. The predicted molar refractivity (Wildman–Crippen MR) is 66.3 cm³/mol. The van der Waals surface area contributed by atoms with Gasteiger partial charge in [-0.2, -0.15) is 0 Å². The molecule has 1 rings (SSSR count). The van der Waals surface area contributed by atoms with Gasteiger partial charge in [0.05, 0.1) is 0 Å². The normalized spacial score (nSPS) is 10.7. The van der Waals surface area contributed by atoms with E-state index in [4.69, 9.17) is 0 Å². The summed E-state index contributed by atoms with van der Waals surface area (Å²) in [5, 5.41) is 1.16. The van der Waals surface area contributed by atoms with E-state index in [9.17, 15) is 0 Å². The molecule has 0 unspecified atom stereocenters. The zero-order valence-corrected chi connectivity index (χ0v) is 11.0. The maximum absolute atomic E-state index is 3.46. The molecule has 1 heterocycles. The predicted octanol–water partition coefficient (Wildman–Crippen LogP) is 4.86. The molecule has 2 heteroatoms. The molecule has 74 valence electrons. The molecular weight excluding hydrogens is 243 g/mol. The zero-order valence-electron chi connectivity index (χ0n) is 8.52. The number of hydrogen-bond donors (Lipinski definition) is 0. The first-order chi connectivity index (χ1) is 6.24. The van der Waals surface area contributed by atoms with E-state index in [1.807, 2.05) is 0 Å². The van der Waals surface area contributed by atoms with Gasteiger partial charge in [0.1, 0.15) is 0 Å². The number of hydrogen-bond acceptors (Lipinski definition) is 0. The van der Waals surface area contributed by atoms with Gasteiger partial charge in [0.15, 0.2) is 0 Å². The number of aryl methyl sites for hydroxylation is 3. The Hall–Kier alpha value is 0.260. The van der Waals surface area contributed by atoms with Gasteiger partial charge in [0.2, 0.25) is 0 Å². The summed E-state index contributed by atoms with van der Waals surface area (Å²) in [5.41, 5.74) is 3.01. The lowest BCUT2D eigenvalue weighted by Crippen LogP contribution is -1.76. The van der Waals surface area contributed by atoms with E-state index in [1.54, 1.807) is 0 Å². The molecule has 0 amide bonds. The van der Waals surface area contributed by atoms with E-state index in [-0.39, 0.29) is 7.53 Å². The zero-order chi connectivity index (χ0) is 9.68. The molecule has 0 aromatic carbocycles. The van der Waals surface area contributed by atoms with Crippen molar-refractivity contribution in [3.05, 3.63) is 22.7 Å². The third-order valence-electron chi connectivity index (χ3n) is 2.39. The molecule has 0 nitrogen and oxygen atoms in total. The van der Waals surface area contributed by atoms with E-state index in [2.05, 4.69) is 41.4 Å². The van der Waals surface area contributed by atoms with Crippen LogP contribution < -0.4 is 0 Å². The first-order valence-electron chi connectivity index (χ1n) is 4.93. The summed E-state index contributed by atoms with van der Waals surface area (Å²) in [4.78, 5) is 0. The highest BCUT2D eigenvalue weighted by molar-refractivity contribution is 9.09. The Bertz CT molecular complexity index is 233. The fourth-order valence-corrected chi connectivity index (χ4v) is 4.15. The molecule has 0 fully saturated rings. The fourth-order valence-electron chi connectivity index (χ4n) is 1.43. The van der Waals surface area contributed by atoms with Crippen LogP contribution in [0.4, 0.5) is 0 Å². The van der Waals surface area contributed by atoms with Crippen LogP contribution >= 0.6 is 23.5 Å². The third kappa shape index (κ3) is 3.87. The molecule has 0 saturated carbocycles. The molecule has 0 spiro atoms. The standard InChI is InChI=1S/C11H18BrP/c1-10-8-13(9-11(10)2)7-5-3-4-6-12/h8-9H,3-7H2,1-2H3. The quantitative estimate of drug-likeness (QED) is 0.524.